The zero-order valence-electron chi connectivity index (χ0n) is 16.3. The van der Waals surface area contributed by atoms with Gasteiger partial charge in [-0.1, -0.05) is 17.7 Å². The van der Waals surface area contributed by atoms with Gasteiger partial charge in [0, 0.05) is 36.8 Å². The summed E-state index contributed by atoms with van der Waals surface area (Å²) in [5.41, 5.74) is 0.937. The van der Waals surface area contributed by atoms with Crippen LogP contribution in [0.15, 0.2) is 58.3 Å². The minimum atomic E-state index is -0.0579. The van der Waals surface area contributed by atoms with Crippen molar-refractivity contribution < 1.29 is 14.0 Å². The molecule has 0 aliphatic carbocycles. The van der Waals surface area contributed by atoms with E-state index >= 15 is 0 Å². The van der Waals surface area contributed by atoms with Crippen molar-refractivity contribution in [3.8, 4) is 11.3 Å². The first kappa shape index (κ1) is 20.7. The first-order valence-corrected chi connectivity index (χ1v) is 11.0. The van der Waals surface area contributed by atoms with Crippen LogP contribution in [0, 0.1) is 0 Å². The topological polar surface area (TPSA) is 65.8 Å². The summed E-state index contributed by atoms with van der Waals surface area (Å²) in [6, 6.07) is 14.9. The van der Waals surface area contributed by atoms with Gasteiger partial charge in [-0.25, -0.2) is 0 Å². The van der Waals surface area contributed by atoms with Crippen molar-refractivity contribution in [3.05, 3.63) is 69.6 Å². The molecule has 0 atom stereocenters. The van der Waals surface area contributed by atoms with E-state index in [1.54, 1.807) is 0 Å². The Kier molecular flexibility index (Phi) is 6.52. The second kappa shape index (κ2) is 9.47. The predicted molar refractivity (Wildman–Crippen MR) is 118 cm³/mol. The summed E-state index contributed by atoms with van der Waals surface area (Å²) in [4.78, 5) is 29.4. The fraction of sp³-hybridized carbons (Fsp3) is 0.273. The van der Waals surface area contributed by atoms with Crippen LogP contribution in [0.2, 0.25) is 5.02 Å². The molecule has 0 spiro atoms. The van der Waals surface area contributed by atoms with E-state index in [0.717, 1.165) is 16.2 Å². The van der Waals surface area contributed by atoms with Crippen molar-refractivity contribution in [2.45, 2.75) is 6.54 Å². The lowest BCUT2D eigenvalue weighted by molar-refractivity contribution is -0.122. The van der Waals surface area contributed by atoms with Crippen LogP contribution >= 0.6 is 22.9 Å². The number of hydrogen-bond acceptors (Lipinski definition) is 5. The van der Waals surface area contributed by atoms with E-state index in [2.05, 4.69) is 10.2 Å². The summed E-state index contributed by atoms with van der Waals surface area (Å²) in [6.45, 7) is 3.28. The summed E-state index contributed by atoms with van der Waals surface area (Å²) in [6.07, 6.45) is 0. The van der Waals surface area contributed by atoms with Crippen molar-refractivity contribution in [1.82, 2.24) is 15.1 Å². The van der Waals surface area contributed by atoms with Crippen molar-refractivity contribution in [2.75, 3.05) is 32.7 Å². The van der Waals surface area contributed by atoms with Crippen molar-refractivity contribution >= 4 is 34.8 Å². The molecule has 0 radical (unpaired) electrons. The summed E-state index contributed by atoms with van der Waals surface area (Å²) in [5.74, 6) is 1.45. The van der Waals surface area contributed by atoms with E-state index in [9.17, 15) is 9.59 Å². The Bertz CT molecular complexity index is 993. The molecule has 1 aliphatic heterocycles. The third-order valence-electron chi connectivity index (χ3n) is 5.01. The van der Waals surface area contributed by atoms with Gasteiger partial charge in [0.15, 0.2) is 0 Å². The normalized spacial score (nSPS) is 14.6. The molecule has 2 amide bonds. The number of halogens is 1. The zero-order valence-corrected chi connectivity index (χ0v) is 17.9. The van der Waals surface area contributed by atoms with Gasteiger partial charge in [0.1, 0.15) is 11.5 Å². The van der Waals surface area contributed by atoms with Gasteiger partial charge in [0.05, 0.1) is 18.0 Å². The molecule has 4 rings (SSSR count). The summed E-state index contributed by atoms with van der Waals surface area (Å²) in [5, 5.41) is 5.49. The second-order valence-corrected chi connectivity index (χ2v) is 8.48. The minimum absolute atomic E-state index is 0.0579. The number of hydrogen-bond donors (Lipinski definition) is 1. The van der Waals surface area contributed by atoms with Crippen molar-refractivity contribution in [2.24, 2.45) is 0 Å². The largest absolute Gasteiger partial charge is 0.459 e. The van der Waals surface area contributed by atoms with Crippen LogP contribution in [0.4, 0.5) is 0 Å². The smallest absolute Gasteiger partial charge is 0.264 e. The maximum atomic E-state index is 12.4. The monoisotopic (exact) mass is 443 g/mol. The molecule has 0 bridgehead atoms. The second-order valence-electron chi connectivity index (χ2n) is 7.10. The number of piperazine rings is 1. The first-order valence-electron chi connectivity index (χ1n) is 9.75. The number of carbonyl (C=O) groups is 2. The van der Waals surface area contributed by atoms with Gasteiger partial charge in [0.25, 0.3) is 5.91 Å². The zero-order chi connectivity index (χ0) is 20.9. The third kappa shape index (κ3) is 5.11. The lowest BCUT2D eigenvalue weighted by Crippen LogP contribution is -2.51. The van der Waals surface area contributed by atoms with Gasteiger partial charge in [-0.05, 0) is 47.8 Å². The van der Waals surface area contributed by atoms with E-state index in [4.69, 9.17) is 16.0 Å². The number of rotatable bonds is 6. The minimum Gasteiger partial charge on any atom is -0.459 e. The van der Waals surface area contributed by atoms with Gasteiger partial charge in [-0.3, -0.25) is 14.5 Å². The van der Waals surface area contributed by atoms with Crippen molar-refractivity contribution in [1.29, 1.82) is 0 Å². The van der Waals surface area contributed by atoms with Crippen LogP contribution in [-0.4, -0.2) is 54.3 Å². The number of furan rings is 1. The molecule has 156 valence electrons. The maximum absolute atomic E-state index is 12.4. The van der Waals surface area contributed by atoms with Gasteiger partial charge in [0.2, 0.25) is 5.91 Å². The molecule has 2 aromatic heterocycles. The van der Waals surface area contributed by atoms with E-state index in [1.807, 2.05) is 58.8 Å². The summed E-state index contributed by atoms with van der Waals surface area (Å²) < 4.78 is 5.81. The number of thiophene rings is 1. The van der Waals surface area contributed by atoms with Crippen LogP contribution in [-0.2, 0) is 11.3 Å². The third-order valence-corrected chi connectivity index (χ3v) is 6.12. The van der Waals surface area contributed by atoms with Crippen LogP contribution in [0.5, 0.6) is 0 Å². The summed E-state index contributed by atoms with van der Waals surface area (Å²) in [7, 11) is 0. The highest BCUT2D eigenvalue weighted by molar-refractivity contribution is 7.12. The van der Waals surface area contributed by atoms with E-state index in [0.29, 0.717) is 50.1 Å². The fourth-order valence-electron chi connectivity index (χ4n) is 3.35. The molecule has 0 saturated carbocycles. The van der Waals surface area contributed by atoms with Crippen LogP contribution < -0.4 is 5.32 Å². The molecular formula is C22H22ClN3O3S. The Morgan fingerprint density at radius 2 is 1.80 bits per heavy atom. The molecule has 1 saturated heterocycles. The average molecular weight is 444 g/mol. The average Bonchev–Trinajstić information content (AvgIpc) is 3.45. The fourth-order valence-corrected chi connectivity index (χ4v) is 4.17. The highest BCUT2D eigenvalue weighted by atomic mass is 35.5. The molecule has 3 aromatic rings. The number of carbonyl (C=O) groups excluding carboxylic acids is 2. The molecule has 8 heteroatoms. The molecule has 1 aromatic carbocycles. The molecule has 30 heavy (non-hydrogen) atoms. The van der Waals surface area contributed by atoms with Gasteiger partial charge in [-0.15, -0.1) is 11.3 Å². The Morgan fingerprint density at radius 1 is 1.03 bits per heavy atom. The number of benzene rings is 1. The number of nitrogens with one attached hydrogen (secondary N) is 1. The first-order chi connectivity index (χ1) is 14.6. The lowest BCUT2D eigenvalue weighted by Gasteiger charge is -2.34. The Labute approximate surface area is 184 Å². The molecular weight excluding hydrogens is 422 g/mol. The highest BCUT2D eigenvalue weighted by Crippen LogP contribution is 2.23. The van der Waals surface area contributed by atoms with Gasteiger partial charge in [-0.2, -0.15) is 0 Å². The van der Waals surface area contributed by atoms with E-state index in [1.165, 1.54) is 11.3 Å². The van der Waals surface area contributed by atoms with Crippen LogP contribution in [0.3, 0.4) is 0 Å². The standard InChI is InChI=1S/C22H22ClN3O3S/c23-17-5-3-16(4-6-17)19-8-7-18(29-19)14-24-21(27)15-25-9-11-26(12-10-25)22(28)20-2-1-13-30-20/h1-8,13H,9-12,14-15H2,(H,24,27). The molecule has 1 N–H and O–H groups in total. The Balaban J connectivity index is 1.21. The van der Waals surface area contributed by atoms with E-state index < -0.39 is 0 Å². The SMILES string of the molecule is O=C(CN1CCN(C(=O)c2cccs2)CC1)NCc1ccc(-c2ccc(Cl)cc2)o1. The molecule has 6 nitrogen and oxygen atoms in total. The predicted octanol–water partition coefficient (Wildman–Crippen LogP) is 3.74. The van der Waals surface area contributed by atoms with Crippen molar-refractivity contribution in [3.63, 3.8) is 0 Å². The lowest BCUT2D eigenvalue weighted by atomic mass is 10.2. The number of amides is 2. The Morgan fingerprint density at radius 3 is 2.50 bits per heavy atom. The van der Waals surface area contributed by atoms with Gasteiger partial charge >= 0.3 is 0 Å². The molecule has 1 aliphatic rings. The number of nitrogens with zero attached hydrogens (tertiary/aromatic N) is 2. The van der Waals surface area contributed by atoms with Crippen LogP contribution in [0.1, 0.15) is 15.4 Å². The maximum Gasteiger partial charge on any atom is 0.264 e. The quantitative estimate of drug-likeness (QED) is 0.630. The summed E-state index contributed by atoms with van der Waals surface area (Å²) >= 11 is 7.37. The molecule has 1 fully saturated rings. The van der Waals surface area contributed by atoms with E-state index in [-0.39, 0.29) is 11.8 Å². The highest BCUT2D eigenvalue weighted by Gasteiger charge is 2.23. The molecule has 0 unspecified atom stereocenters. The van der Waals surface area contributed by atoms with Crippen LogP contribution in [0.25, 0.3) is 11.3 Å². The van der Waals surface area contributed by atoms with Gasteiger partial charge < -0.3 is 14.6 Å². The molecule has 3 heterocycles. The Hall–Kier alpha value is -2.61.